The van der Waals surface area contributed by atoms with Gasteiger partial charge in [-0.1, -0.05) is 11.2 Å². The molecule has 0 aliphatic rings. The number of carbonyl (C=O) groups is 1. The zero-order valence-electron chi connectivity index (χ0n) is 16.7. The van der Waals surface area contributed by atoms with Crippen LogP contribution >= 0.6 is 11.3 Å². The molecule has 2 aromatic rings. The molecule has 0 fully saturated rings. The number of aryl methyl sites for hydroxylation is 1. The Balaban J connectivity index is 2.51. The standard InChI is InChI=1S/C19H23N5O4S/c1-11-8-14(13(7-6-12(2)25)16(27-4)10-20-3)15(9-21-11)17(26)22-18-23-24-19(28-5)29-18/h7-10,12,25H,3,6H2,1-2,4-5H3,(H,22,23,26)/b13-7-,16-10+. The molecule has 154 valence electrons. The number of aliphatic imine (C=N–C) groups is 1. The van der Waals surface area contributed by atoms with Crippen LogP contribution in [0.5, 0.6) is 5.19 Å². The molecule has 2 N–H and O–H groups in total. The molecule has 2 heterocycles. The number of hydrogen-bond acceptors (Lipinski definition) is 9. The molecule has 2 rings (SSSR count). The Kier molecular flexibility index (Phi) is 7.98. The van der Waals surface area contributed by atoms with Gasteiger partial charge in [-0.15, -0.1) is 5.10 Å². The minimum atomic E-state index is -0.575. The van der Waals surface area contributed by atoms with Crippen LogP contribution in [0.3, 0.4) is 0 Å². The third kappa shape index (κ3) is 5.93. The maximum absolute atomic E-state index is 12.9. The van der Waals surface area contributed by atoms with Crippen molar-refractivity contribution in [2.45, 2.75) is 26.4 Å². The number of hydrogen-bond donors (Lipinski definition) is 2. The fraction of sp³-hybridized carbons (Fsp3) is 0.316. The summed E-state index contributed by atoms with van der Waals surface area (Å²) in [5.74, 6) is -0.0193. The second-order valence-electron chi connectivity index (χ2n) is 5.99. The Bertz CT molecular complexity index is 936. The van der Waals surface area contributed by atoms with Crippen LogP contribution in [0.4, 0.5) is 5.13 Å². The number of amides is 1. The molecule has 0 spiro atoms. The summed E-state index contributed by atoms with van der Waals surface area (Å²) < 4.78 is 10.4. The van der Waals surface area contributed by atoms with Crippen molar-refractivity contribution < 1.29 is 19.4 Å². The van der Waals surface area contributed by atoms with Gasteiger partial charge in [0.2, 0.25) is 5.13 Å². The molecular weight excluding hydrogens is 394 g/mol. The summed E-state index contributed by atoms with van der Waals surface area (Å²) in [6.07, 6.45) is 4.48. The number of rotatable bonds is 9. The smallest absolute Gasteiger partial charge is 0.295 e. The van der Waals surface area contributed by atoms with E-state index in [-0.39, 0.29) is 0 Å². The third-order valence-electron chi connectivity index (χ3n) is 3.73. The molecule has 0 aliphatic heterocycles. The highest BCUT2D eigenvalue weighted by Crippen LogP contribution is 2.29. The molecular formula is C19H23N5O4S. The van der Waals surface area contributed by atoms with Crippen LogP contribution < -0.4 is 10.1 Å². The van der Waals surface area contributed by atoms with Gasteiger partial charge in [-0.3, -0.25) is 20.1 Å². The summed E-state index contributed by atoms with van der Waals surface area (Å²) in [5, 5.41) is 20.7. The average Bonchev–Trinajstić information content (AvgIpc) is 3.14. The minimum absolute atomic E-state index is 0.295. The van der Waals surface area contributed by atoms with Gasteiger partial charge >= 0.3 is 0 Å². The maximum atomic E-state index is 12.9. The van der Waals surface area contributed by atoms with Crippen molar-refractivity contribution in [3.63, 3.8) is 0 Å². The molecule has 10 heteroatoms. The van der Waals surface area contributed by atoms with Gasteiger partial charge in [-0.05, 0) is 44.4 Å². The number of aromatic nitrogens is 3. The van der Waals surface area contributed by atoms with E-state index in [0.29, 0.717) is 44.9 Å². The number of nitrogens with one attached hydrogen (secondary N) is 1. The molecule has 0 radical (unpaired) electrons. The number of anilines is 1. The van der Waals surface area contributed by atoms with Gasteiger partial charge < -0.3 is 14.6 Å². The molecule has 1 amide bonds. The number of nitrogens with zero attached hydrogens (tertiary/aromatic N) is 4. The molecule has 0 aromatic carbocycles. The van der Waals surface area contributed by atoms with E-state index in [4.69, 9.17) is 9.47 Å². The summed E-state index contributed by atoms with van der Waals surface area (Å²) in [5.41, 5.74) is 2.17. The van der Waals surface area contributed by atoms with Crippen LogP contribution in [-0.4, -0.2) is 53.2 Å². The molecule has 0 bridgehead atoms. The maximum Gasteiger partial charge on any atom is 0.295 e. The summed E-state index contributed by atoms with van der Waals surface area (Å²) in [6, 6.07) is 1.76. The fourth-order valence-electron chi connectivity index (χ4n) is 2.42. The first-order valence-corrected chi connectivity index (χ1v) is 9.45. The molecule has 2 aromatic heterocycles. The second-order valence-corrected chi connectivity index (χ2v) is 6.93. The minimum Gasteiger partial charge on any atom is -0.495 e. The van der Waals surface area contributed by atoms with Crippen molar-refractivity contribution in [2.75, 3.05) is 19.5 Å². The number of allylic oxidation sites excluding steroid dienone is 1. The Morgan fingerprint density at radius 2 is 2.17 bits per heavy atom. The topological polar surface area (TPSA) is 119 Å². The van der Waals surface area contributed by atoms with E-state index in [2.05, 4.69) is 32.2 Å². The summed E-state index contributed by atoms with van der Waals surface area (Å²) in [7, 11) is 2.97. The number of aliphatic hydroxyl groups excluding tert-OH is 1. The second kappa shape index (κ2) is 10.4. The Labute approximate surface area is 172 Å². The van der Waals surface area contributed by atoms with Gasteiger partial charge in [0, 0.05) is 23.0 Å². The van der Waals surface area contributed by atoms with E-state index in [0.717, 1.165) is 11.3 Å². The summed E-state index contributed by atoms with van der Waals surface area (Å²) >= 11 is 1.10. The number of methoxy groups -OCH3 is 2. The van der Waals surface area contributed by atoms with Gasteiger partial charge in [0.05, 0.1) is 32.1 Å². The van der Waals surface area contributed by atoms with Gasteiger partial charge in [-0.2, -0.15) is 0 Å². The predicted octanol–water partition coefficient (Wildman–Crippen LogP) is 2.85. The van der Waals surface area contributed by atoms with E-state index in [1.165, 1.54) is 26.6 Å². The molecule has 29 heavy (non-hydrogen) atoms. The highest BCUT2D eigenvalue weighted by atomic mass is 32.1. The summed E-state index contributed by atoms with van der Waals surface area (Å²) in [4.78, 5) is 20.9. The predicted molar refractivity (Wildman–Crippen MR) is 112 cm³/mol. The van der Waals surface area contributed by atoms with Crippen LogP contribution in [-0.2, 0) is 4.74 Å². The van der Waals surface area contributed by atoms with Gasteiger partial charge in [0.1, 0.15) is 5.76 Å². The third-order valence-corrected chi connectivity index (χ3v) is 4.53. The number of ether oxygens (including phenoxy) is 2. The lowest BCUT2D eigenvalue weighted by Crippen LogP contribution is -2.15. The first-order valence-electron chi connectivity index (χ1n) is 8.64. The normalized spacial score (nSPS) is 13.0. The van der Waals surface area contributed by atoms with E-state index in [1.807, 2.05) is 6.92 Å². The van der Waals surface area contributed by atoms with E-state index < -0.39 is 12.0 Å². The average molecular weight is 417 g/mol. The van der Waals surface area contributed by atoms with Gasteiger partial charge in [-0.25, -0.2) is 0 Å². The van der Waals surface area contributed by atoms with E-state index >= 15 is 0 Å². The highest BCUT2D eigenvalue weighted by Gasteiger charge is 2.20. The Morgan fingerprint density at radius 1 is 1.41 bits per heavy atom. The van der Waals surface area contributed by atoms with Crippen LogP contribution in [0.15, 0.2) is 35.3 Å². The molecule has 9 nitrogen and oxygen atoms in total. The quantitative estimate of drug-likeness (QED) is 0.366. The number of aliphatic hydroxyl groups is 1. The lowest BCUT2D eigenvalue weighted by molar-refractivity contribution is 0.102. The summed E-state index contributed by atoms with van der Waals surface area (Å²) in [6.45, 7) is 6.95. The first kappa shape index (κ1) is 22.2. The molecule has 0 saturated heterocycles. The fourth-order valence-corrected chi connectivity index (χ4v) is 2.97. The van der Waals surface area contributed by atoms with Crippen molar-refractivity contribution in [3.8, 4) is 5.19 Å². The first-order chi connectivity index (χ1) is 13.9. The highest BCUT2D eigenvalue weighted by molar-refractivity contribution is 7.17. The lowest BCUT2D eigenvalue weighted by Gasteiger charge is -2.15. The largest absolute Gasteiger partial charge is 0.495 e. The monoisotopic (exact) mass is 417 g/mol. The van der Waals surface area contributed by atoms with Crippen molar-refractivity contribution in [2.24, 2.45) is 4.99 Å². The van der Waals surface area contributed by atoms with Crippen LogP contribution in [0, 0.1) is 6.92 Å². The Morgan fingerprint density at radius 3 is 2.76 bits per heavy atom. The van der Waals surface area contributed by atoms with Crippen molar-refractivity contribution in [1.29, 1.82) is 0 Å². The molecule has 1 atom stereocenters. The van der Waals surface area contributed by atoms with Gasteiger partial charge in [0.25, 0.3) is 11.1 Å². The SMILES string of the molecule is C=N/C=C(OC)\C(=C/CC(C)O)c1cc(C)ncc1C(=O)Nc1nnc(OC)s1. The van der Waals surface area contributed by atoms with Crippen LogP contribution in [0.1, 0.15) is 35.0 Å². The van der Waals surface area contributed by atoms with Gasteiger partial charge in [0.15, 0.2) is 0 Å². The van der Waals surface area contributed by atoms with Crippen LogP contribution in [0.25, 0.3) is 5.57 Å². The lowest BCUT2D eigenvalue weighted by atomic mass is 9.97. The van der Waals surface area contributed by atoms with Crippen molar-refractivity contribution >= 4 is 34.7 Å². The van der Waals surface area contributed by atoms with Crippen molar-refractivity contribution in [1.82, 2.24) is 15.2 Å². The number of pyridine rings is 1. The zero-order chi connectivity index (χ0) is 21.4. The molecule has 0 saturated carbocycles. The Hall–Kier alpha value is -3.11. The van der Waals surface area contributed by atoms with E-state index in [1.54, 1.807) is 19.1 Å². The zero-order valence-corrected chi connectivity index (χ0v) is 17.5. The van der Waals surface area contributed by atoms with E-state index in [9.17, 15) is 9.90 Å². The van der Waals surface area contributed by atoms with Crippen LogP contribution in [0.2, 0.25) is 0 Å². The van der Waals surface area contributed by atoms with Crippen molar-refractivity contribution in [3.05, 3.63) is 47.1 Å². The molecule has 0 aliphatic carbocycles. The molecule has 1 unspecified atom stereocenters. The number of carbonyl (C=O) groups excluding carboxylic acids is 1.